The van der Waals surface area contributed by atoms with Gasteiger partial charge in [-0.25, -0.2) is 4.39 Å². The van der Waals surface area contributed by atoms with E-state index in [0.29, 0.717) is 29.6 Å². The molecule has 0 heterocycles. The Hall–Kier alpha value is -3.02. The van der Waals surface area contributed by atoms with Crippen molar-refractivity contribution in [1.82, 2.24) is 5.32 Å². The van der Waals surface area contributed by atoms with Gasteiger partial charge in [0, 0.05) is 6.08 Å². The third-order valence-corrected chi connectivity index (χ3v) is 4.22. The van der Waals surface area contributed by atoms with Crippen molar-refractivity contribution < 1.29 is 23.4 Å². The summed E-state index contributed by atoms with van der Waals surface area (Å²) in [5.74, 6) is 1.10. The fourth-order valence-electron chi connectivity index (χ4n) is 2.63. The van der Waals surface area contributed by atoms with E-state index in [1.54, 1.807) is 32.2 Å². The molecule has 1 atom stereocenters. The molecule has 0 aromatic heterocycles. The number of carbonyl (C=O) groups is 1. The van der Waals surface area contributed by atoms with Crippen LogP contribution in [-0.4, -0.2) is 26.7 Å². The molecule has 0 spiro atoms. The lowest BCUT2D eigenvalue weighted by Gasteiger charge is -2.14. The molecule has 2 aromatic rings. The van der Waals surface area contributed by atoms with Crippen molar-refractivity contribution in [2.24, 2.45) is 5.92 Å². The van der Waals surface area contributed by atoms with Gasteiger partial charge in [0.2, 0.25) is 5.91 Å². The van der Waals surface area contributed by atoms with Crippen molar-refractivity contribution in [3.05, 3.63) is 59.4 Å². The molecule has 6 heteroatoms. The molecule has 0 aliphatic carbocycles. The molecule has 1 N–H and O–H groups in total. The third-order valence-electron chi connectivity index (χ3n) is 4.22. The molecule has 2 rings (SSSR count). The van der Waals surface area contributed by atoms with Gasteiger partial charge in [0.1, 0.15) is 0 Å². The summed E-state index contributed by atoms with van der Waals surface area (Å²) in [6.07, 6.45) is 3.12. The van der Waals surface area contributed by atoms with Gasteiger partial charge in [-0.2, -0.15) is 0 Å². The topological polar surface area (TPSA) is 56.8 Å². The van der Waals surface area contributed by atoms with E-state index >= 15 is 0 Å². The molecule has 0 bridgehead atoms. The minimum atomic E-state index is -0.464. The number of benzene rings is 2. The molecule has 1 amide bonds. The van der Waals surface area contributed by atoms with Crippen molar-refractivity contribution in [3.63, 3.8) is 0 Å². The monoisotopic (exact) mass is 401 g/mol. The highest BCUT2D eigenvalue weighted by atomic mass is 19.1. The second kappa shape index (κ2) is 10.5. The number of ether oxygens (including phenoxy) is 3. The Kier molecular flexibility index (Phi) is 8.07. The van der Waals surface area contributed by atoms with Crippen molar-refractivity contribution in [1.29, 1.82) is 0 Å². The first-order valence-corrected chi connectivity index (χ1v) is 9.47. The van der Waals surface area contributed by atoms with Gasteiger partial charge in [0.15, 0.2) is 23.1 Å². The molecule has 0 unspecified atom stereocenters. The SMILES string of the molecule is COc1ccc([C@H](C)NC(=O)/C=C/c2ccc(OCC(C)C)c(OC)c2)cc1F. The third kappa shape index (κ3) is 6.52. The molecule has 2 aromatic carbocycles. The standard InChI is InChI=1S/C23H28FNO4/c1-15(2)14-29-21-9-6-17(12-22(21)28-5)7-11-23(26)25-16(3)18-8-10-20(27-4)19(24)13-18/h6-13,15-16H,14H2,1-5H3,(H,25,26)/b11-7+/t16-/m0/s1. The predicted molar refractivity (Wildman–Crippen MR) is 112 cm³/mol. The number of carbonyl (C=O) groups excluding carboxylic acids is 1. The summed E-state index contributed by atoms with van der Waals surface area (Å²) >= 11 is 0. The van der Waals surface area contributed by atoms with E-state index in [-0.39, 0.29) is 17.7 Å². The van der Waals surface area contributed by atoms with E-state index in [4.69, 9.17) is 14.2 Å². The number of rotatable bonds is 9. The average Bonchev–Trinajstić information content (AvgIpc) is 2.70. The molecular weight excluding hydrogens is 373 g/mol. The van der Waals surface area contributed by atoms with E-state index in [1.807, 2.05) is 18.2 Å². The Bertz CT molecular complexity index is 864. The lowest BCUT2D eigenvalue weighted by molar-refractivity contribution is -0.117. The average molecular weight is 401 g/mol. The highest BCUT2D eigenvalue weighted by molar-refractivity contribution is 5.92. The van der Waals surface area contributed by atoms with Crippen LogP contribution in [0.3, 0.4) is 0 Å². The first kappa shape index (κ1) is 22.3. The molecule has 0 aliphatic heterocycles. The van der Waals surface area contributed by atoms with Crippen molar-refractivity contribution in [2.45, 2.75) is 26.8 Å². The van der Waals surface area contributed by atoms with Gasteiger partial charge in [-0.1, -0.05) is 26.0 Å². The molecule has 156 valence electrons. The largest absolute Gasteiger partial charge is 0.494 e. The van der Waals surface area contributed by atoms with Crippen molar-refractivity contribution >= 4 is 12.0 Å². The van der Waals surface area contributed by atoms with Crippen LogP contribution in [0.25, 0.3) is 6.08 Å². The van der Waals surface area contributed by atoms with Gasteiger partial charge in [0.05, 0.1) is 26.9 Å². The van der Waals surface area contributed by atoms with Crippen LogP contribution in [0.2, 0.25) is 0 Å². The fraction of sp³-hybridized carbons (Fsp3) is 0.348. The molecule has 0 fully saturated rings. The van der Waals surface area contributed by atoms with E-state index in [0.717, 1.165) is 5.56 Å². The maximum atomic E-state index is 13.8. The van der Waals surface area contributed by atoms with E-state index in [2.05, 4.69) is 19.2 Å². The number of methoxy groups -OCH3 is 2. The van der Waals surface area contributed by atoms with Crippen molar-refractivity contribution in [3.8, 4) is 17.2 Å². The fourth-order valence-corrected chi connectivity index (χ4v) is 2.63. The van der Waals surface area contributed by atoms with Gasteiger partial charge in [-0.15, -0.1) is 0 Å². The van der Waals surface area contributed by atoms with Crippen LogP contribution in [0.4, 0.5) is 4.39 Å². The van der Waals surface area contributed by atoms with Crippen molar-refractivity contribution in [2.75, 3.05) is 20.8 Å². The van der Waals surface area contributed by atoms with Gasteiger partial charge < -0.3 is 19.5 Å². The van der Waals surface area contributed by atoms with Crippen LogP contribution >= 0.6 is 0 Å². The lowest BCUT2D eigenvalue weighted by atomic mass is 10.1. The summed E-state index contributed by atoms with van der Waals surface area (Å²) in [6, 6.07) is 9.74. The minimum absolute atomic E-state index is 0.168. The lowest BCUT2D eigenvalue weighted by Crippen LogP contribution is -2.24. The van der Waals surface area contributed by atoms with Gasteiger partial charge >= 0.3 is 0 Å². The molecule has 0 saturated heterocycles. The number of hydrogen-bond acceptors (Lipinski definition) is 4. The summed E-state index contributed by atoms with van der Waals surface area (Å²) in [7, 11) is 2.99. The second-order valence-corrected chi connectivity index (χ2v) is 7.07. The summed E-state index contributed by atoms with van der Waals surface area (Å²) in [4.78, 5) is 12.2. The van der Waals surface area contributed by atoms with E-state index in [1.165, 1.54) is 19.3 Å². The zero-order valence-corrected chi connectivity index (χ0v) is 17.5. The summed E-state index contributed by atoms with van der Waals surface area (Å²) in [6.45, 7) is 6.53. The number of halogens is 1. The first-order chi connectivity index (χ1) is 13.8. The highest BCUT2D eigenvalue weighted by Crippen LogP contribution is 2.29. The zero-order valence-electron chi connectivity index (χ0n) is 17.5. The Morgan fingerprint density at radius 2 is 1.72 bits per heavy atom. The zero-order chi connectivity index (χ0) is 21.4. The van der Waals surface area contributed by atoms with Crippen LogP contribution in [-0.2, 0) is 4.79 Å². The Morgan fingerprint density at radius 3 is 2.34 bits per heavy atom. The molecule has 29 heavy (non-hydrogen) atoms. The van der Waals surface area contributed by atoms with Crippen LogP contribution < -0.4 is 19.5 Å². The maximum absolute atomic E-state index is 13.8. The molecule has 0 saturated carbocycles. The van der Waals surface area contributed by atoms with Gasteiger partial charge in [0.25, 0.3) is 0 Å². The van der Waals surface area contributed by atoms with Crippen LogP contribution in [0, 0.1) is 11.7 Å². The Balaban J connectivity index is 2.01. The van der Waals surface area contributed by atoms with Gasteiger partial charge in [-0.05, 0) is 54.3 Å². The number of amides is 1. The molecule has 0 aliphatic rings. The van der Waals surface area contributed by atoms with E-state index in [9.17, 15) is 9.18 Å². The summed E-state index contributed by atoms with van der Waals surface area (Å²) in [5.41, 5.74) is 1.45. The minimum Gasteiger partial charge on any atom is -0.494 e. The normalized spacial score (nSPS) is 12.1. The smallest absolute Gasteiger partial charge is 0.244 e. The van der Waals surface area contributed by atoms with Crippen LogP contribution in [0.1, 0.15) is 37.9 Å². The molecular formula is C23H28FNO4. The van der Waals surface area contributed by atoms with Gasteiger partial charge in [-0.3, -0.25) is 4.79 Å². The Morgan fingerprint density at radius 1 is 1.03 bits per heavy atom. The molecule has 0 radical (unpaired) electrons. The maximum Gasteiger partial charge on any atom is 0.244 e. The summed E-state index contributed by atoms with van der Waals surface area (Å²) in [5, 5.41) is 2.81. The van der Waals surface area contributed by atoms with Crippen LogP contribution in [0.15, 0.2) is 42.5 Å². The summed E-state index contributed by atoms with van der Waals surface area (Å²) < 4.78 is 29.9. The predicted octanol–water partition coefficient (Wildman–Crippen LogP) is 4.77. The second-order valence-electron chi connectivity index (χ2n) is 7.07. The van der Waals surface area contributed by atoms with E-state index < -0.39 is 5.82 Å². The number of hydrogen-bond donors (Lipinski definition) is 1. The quantitative estimate of drug-likeness (QED) is 0.615. The first-order valence-electron chi connectivity index (χ1n) is 9.47. The Labute approximate surface area is 171 Å². The number of nitrogens with one attached hydrogen (secondary N) is 1. The molecule has 5 nitrogen and oxygen atoms in total. The van der Waals surface area contributed by atoms with Crippen LogP contribution in [0.5, 0.6) is 17.2 Å². The highest BCUT2D eigenvalue weighted by Gasteiger charge is 2.11.